The van der Waals surface area contributed by atoms with Crippen molar-refractivity contribution in [2.24, 2.45) is 0 Å². The number of hydrogen-bond donors (Lipinski definition) is 0. The molecular formula is C97H56BrN. The van der Waals surface area contributed by atoms with Gasteiger partial charge in [0.25, 0.3) is 0 Å². The van der Waals surface area contributed by atoms with Gasteiger partial charge in [-0.15, -0.1) is 0 Å². The third kappa shape index (κ3) is 7.81. The molecule has 19 aromatic rings. The molecule has 5 aliphatic rings. The molecular weight excluding hydrogens is 1260 g/mol. The van der Waals surface area contributed by atoms with Gasteiger partial charge in [0.2, 0.25) is 0 Å². The lowest BCUT2D eigenvalue weighted by Gasteiger charge is -2.14. The third-order valence-electron chi connectivity index (χ3n) is 22.4. The normalized spacial score (nSPS) is 12.5. The minimum absolute atomic E-state index is 1.03. The van der Waals surface area contributed by atoms with E-state index in [9.17, 15) is 0 Å². The Hall–Kier alpha value is -12.2. The SMILES string of the molecule is Brc1cccc(-c2ccc3c4c(cccc24)-c2ccccc2-3)c1.c1cc(-c2ccc3c4c(cccc24)-c2ccccc2-3)cc(-n2c3ccc4ccccc4c3c3cc4c5c(cccc5c32)-c2ccccc2-4)c1.c1ccc2c(c1)-c1cccc3c4c(cc-2c13)-c1c(ccc2ccccc12)C4. The van der Waals surface area contributed by atoms with E-state index in [-0.39, 0.29) is 0 Å². The fourth-order valence-corrected chi connectivity index (χ4v) is 18.7. The van der Waals surface area contributed by atoms with Crippen LogP contribution in [0.5, 0.6) is 0 Å². The smallest absolute Gasteiger partial charge is 0.0620 e. The van der Waals surface area contributed by atoms with Gasteiger partial charge >= 0.3 is 0 Å². The Balaban J connectivity index is 0.000000105. The predicted molar refractivity (Wildman–Crippen MR) is 423 cm³/mol. The maximum Gasteiger partial charge on any atom is 0.0620 e. The Kier molecular flexibility index (Phi) is 11.6. The molecule has 18 aromatic carbocycles. The van der Waals surface area contributed by atoms with Crippen molar-refractivity contribution < 1.29 is 0 Å². The van der Waals surface area contributed by atoms with Crippen LogP contribution in [0.25, 0.3) is 215 Å². The summed E-state index contributed by atoms with van der Waals surface area (Å²) in [5.74, 6) is 0. The maximum atomic E-state index is 3.59. The Bertz CT molecular complexity index is 6780. The Morgan fingerprint density at radius 2 is 0.636 bits per heavy atom. The molecule has 99 heavy (non-hydrogen) atoms. The quantitative estimate of drug-likeness (QED) is 0.166. The maximum absolute atomic E-state index is 3.59. The molecule has 0 fully saturated rings. The van der Waals surface area contributed by atoms with E-state index in [0.29, 0.717) is 0 Å². The highest BCUT2D eigenvalue weighted by Gasteiger charge is 2.31. The van der Waals surface area contributed by atoms with E-state index in [4.69, 9.17) is 0 Å². The largest absolute Gasteiger partial charge is 0.309 e. The Morgan fingerprint density at radius 3 is 1.21 bits per heavy atom. The molecule has 0 N–H and O–H groups in total. The molecule has 0 unspecified atom stereocenters. The molecule has 1 aromatic heterocycles. The number of halogens is 1. The highest BCUT2D eigenvalue weighted by Crippen LogP contribution is 2.57. The van der Waals surface area contributed by atoms with Crippen LogP contribution in [-0.4, -0.2) is 4.57 Å². The van der Waals surface area contributed by atoms with Crippen molar-refractivity contribution in [1.82, 2.24) is 4.57 Å². The highest BCUT2D eigenvalue weighted by molar-refractivity contribution is 9.10. The van der Waals surface area contributed by atoms with Crippen molar-refractivity contribution in [3.63, 3.8) is 0 Å². The van der Waals surface area contributed by atoms with Gasteiger partial charge in [-0.3, -0.25) is 0 Å². The molecule has 0 spiro atoms. The summed E-state index contributed by atoms with van der Waals surface area (Å²) in [6.07, 6.45) is 1.03. The minimum atomic E-state index is 1.03. The van der Waals surface area contributed by atoms with Crippen molar-refractivity contribution in [3.8, 4) is 128 Å². The second kappa shape index (κ2) is 20.9. The van der Waals surface area contributed by atoms with Crippen molar-refractivity contribution in [2.45, 2.75) is 6.42 Å². The standard InChI is InChI=1S/C48H27N.C27H16.C22H13Br/c1-2-13-32-28(10-1)22-25-44-47(32)43-27-42-36-17-6-5-16-35(36)39-20-9-21-41(46(39)42)48(43)49(44)30-12-7-11-29(26-30)31-23-24-40-34-15-4-3-14-33(34)38-19-8-18-37(31)45(38)40;1-2-7-18-16(6-1)12-13-17-14-23-22-11-5-10-21-19-8-3-4-9-20(19)24(27(21)22)15-25(23)26(17)18;23-15-6-3-5-14(13-15)16-11-12-21-18-8-2-1-7-17(18)20-10-4-9-19(16)22(20)21/h1-27H;1-13,15H,14H2;1-13H. The van der Waals surface area contributed by atoms with Gasteiger partial charge in [0, 0.05) is 26.3 Å². The zero-order valence-electron chi connectivity index (χ0n) is 53.7. The van der Waals surface area contributed by atoms with Crippen LogP contribution in [0.4, 0.5) is 0 Å². The summed E-state index contributed by atoms with van der Waals surface area (Å²) in [4.78, 5) is 0. The van der Waals surface area contributed by atoms with E-state index in [0.717, 1.165) is 10.9 Å². The first-order valence-corrected chi connectivity index (χ1v) is 35.2. The zero-order valence-corrected chi connectivity index (χ0v) is 55.3. The van der Waals surface area contributed by atoms with Crippen molar-refractivity contribution in [3.05, 3.63) is 343 Å². The predicted octanol–water partition coefficient (Wildman–Crippen LogP) is 27.3. The van der Waals surface area contributed by atoms with Gasteiger partial charge < -0.3 is 4.57 Å². The number of benzene rings is 18. The van der Waals surface area contributed by atoms with Gasteiger partial charge in [-0.05, 0) is 242 Å². The van der Waals surface area contributed by atoms with Crippen LogP contribution in [0.2, 0.25) is 0 Å². The molecule has 0 amide bonds. The van der Waals surface area contributed by atoms with Gasteiger partial charge in [-0.1, -0.05) is 301 Å². The number of rotatable bonds is 3. The fourth-order valence-electron chi connectivity index (χ4n) is 18.3. The van der Waals surface area contributed by atoms with E-state index in [2.05, 4.69) is 348 Å². The molecule has 456 valence electrons. The summed E-state index contributed by atoms with van der Waals surface area (Å²) >= 11 is 3.59. The number of nitrogens with zero attached hydrogens (tertiary/aromatic N) is 1. The molecule has 0 aliphatic heterocycles. The first-order chi connectivity index (χ1) is 49.1. The molecule has 0 atom stereocenters. The lowest BCUT2D eigenvalue weighted by atomic mass is 9.92. The molecule has 5 aliphatic carbocycles. The van der Waals surface area contributed by atoms with Crippen LogP contribution in [0.15, 0.2) is 332 Å². The van der Waals surface area contributed by atoms with Crippen molar-refractivity contribution in [1.29, 1.82) is 0 Å². The van der Waals surface area contributed by atoms with Gasteiger partial charge in [-0.25, -0.2) is 0 Å². The van der Waals surface area contributed by atoms with Crippen molar-refractivity contribution in [2.75, 3.05) is 0 Å². The average Bonchev–Trinajstić information content (AvgIpc) is 1.54. The number of aromatic nitrogens is 1. The molecule has 2 heteroatoms. The molecule has 1 nitrogen and oxygen atoms in total. The van der Waals surface area contributed by atoms with E-state index >= 15 is 0 Å². The Labute approximate surface area is 580 Å². The lowest BCUT2D eigenvalue weighted by molar-refractivity contribution is 1.19. The molecule has 0 radical (unpaired) electrons. The van der Waals surface area contributed by atoms with E-state index in [1.165, 1.54) is 226 Å². The average molecular weight is 1320 g/mol. The zero-order chi connectivity index (χ0) is 64.7. The second-order valence-corrected chi connectivity index (χ2v) is 28.2. The topological polar surface area (TPSA) is 4.93 Å². The van der Waals surface area contributed by atoms with Crippen LogP contribution in [0.1, 0.15) is 11.1 Å². The van der Waals surface area contributed by atoms with Gasteiger partial charge in [0.15, 0.2) is 0 Å². The molecule has 0 saturated heterocycles. The molecule has 0 saturated carbocycles. The summed E-state index contributed by atoms with van der Waals surface area (Å²) in [6, 6.07) is 121. The van der Waals surface area contributed by atoms with Crippen LogP contribution < -0.4 is 0 Å². The monoisotopic (exact) mass is 1310 g/mol. The van der Waals surface area contributed by atoms with Crippen molar-refractivity contribution >= 4 is 102 Å². The van der Waals surface area contributed by atoms with Crippen LogP contribution >= 0.6 is 15.9 Å². The van der Waals surface area contributed by atoms with Gasteiger partial charge in [0.05, 0.1) is 11.0 Å². The fraction of sp³-hybridized carbons (Fsp3) is 0.0103. The molecule has 1 heterocycles. The van der Waals surface area contributed by atoms with Gasteiger partial charge in [-0.2, -0.15) is 0 Å². The first kappa shape index (κ1) is 55.0. The summed E-state index contributed by atoms with van der Waals surface area (Å²) in [6.45, 7) is 0. The first-order valence-electron chi connectivity index (χ1n) is 34.4. The van der Waals surface area contributed by atoms with E-state index < -0.39 is 0 Å². The number of fused-ring (bicyclic) bond motifs is 24. The second-order valence-electron chi connectivity index (χ2n) is 27.3. The summed E-state index contributed by atoms with van der Waals surface area (Å²) < 4.78 is 3.64. The van der Waals surface area contributed by atoms with Crippen LogP contribution in [-0.2, 0) is 6.42 Å². The van der Waals surface area contributed by atoms with Crippen LogP contribution in [0, 0.1) is 0 Å². The minimum Gasteiger partial charge on any atom is -0.309 e. The summed E-state index contributed by atoms with van der Waals surface area (Å²) in [5, 5.41) is 18.8. The Morgan fingerprint density at radius 1 is 0.232 bits per heavy atom. The third-order valence-corrected chi connectivity index (χ3v) is 22.9. The van der Waals surface area contributed by atoms with E-state index in [1.807, 2.05) is 0 Å². The lowest BCUT2D eigenvalue weighted by Crippen LogP contribution is -1.95. The summed E-state index contributed by atoms with van der Waals surface area (Å²) in [5.41, 5.74) is 36.1. The highest BCUT2D eigenvalue weighted by atomic mass is 79.9. The van der Waals surface area contributed by atoms with Crippen LogP contribution in [0.3, 0.4) is 0 Å². The van der Waals surface area contributed by atoms with Gasteiger partial charge in [0.1, 0.15) is 0 Å². The molecule has 0 bridgehead atoms. The van der Waals surface area contributed by atoms with E-state index in [1.54, 1.807) is 0 Å². The number of hydrogen-bond acceptors (Lipinski definition) is 0. The summed E-state index contributed by atoms with van der Waals surface area (Å²) in [7, 11) is 0. The molecule has 24 rings (SSSR count).